The highest BCUT2D eigenvalue weighted by molar-refractivity contribution is 5.48. The number of hydrogen-bond acceptors (Lipinski definition) is 3. The molecule has 2 aromatic rings. The maximum absolute atomic E-state index is 10.3. The van der Waals surface area contributed by atoms with Crippen LogP contribution in [0.5, 0.6) is 11.5 Å². The Bertz CT molecular complexity index is 662. The molecule has 0 aromatic heterocycles. The van der Waals surface area contributed by atoms with Crippen molar-refractivity contribution < 1.29 is 14.9 Å². The van der Waals surface area contributed by atoms with Gasteiger partial charge in [0, 0.05) is 18.1 Å². The van der Waals surface area contributed by atoms with Crippen LogP contribution >= 0.6 is 0 Å². The molecule has 1 aliphatic rings. The van der Waals surface area contributed by atoms with Gasteiger partial charge in [0.1, 0.15) is 17.1 Å². The van der Waals surface area contributed by atoms with Gasteiger partial charge in [-0.3, -0.25) is 0 Å². The lowest BCUT2D eigenvalue weighted by molar-refractivity contribution is -0.0414. The van der Waals surface area contributed by atoms with E-state index in [0.29, 0.717) is 12.2 Å². The van der Waals surface area contributed by atoms with Crippen LogP contribution in [0.4, 0.5) is 0 Å². The quantitative estimate of drug-likeness (QED) is 0.914. The monoisotopic (exact) mass is 298 g/mol. The summed E-state index contributed by atoms with van der Waals surface area (Å²) in [6, 6.07) is 13.7. The van der Waals surface area contributed by atoms with E-state index in [1.54, 1.807) is 12.1 Å². The molecule has 0 fully saturated rings. The van der Waals surface area contributed by atoms with Crippen molar-refractivity contribution in [2.45, 2.75) is 44.8 Å². The standard InChI is InChI=1S/C19H22O3/c1-19(2)18(21)12-16-14(10-15(20)11-17(16)22-19)9-8-13-6-4-3-5-7-13/h3-7,10-11,18,20-21H,8-9,12H2,1-2H3/t18-/m1/s1. The summed E-state index contributed by atoms with van der Waals surface area (Å²) < 4.78 is 5.90. The first-order valence-corrected chi connectivity index (χ1v) is 7.71. The van der Waals surface area contributed by atoms with Gasteiger partial charge in [-0.05, 0) is 43.9 Å². The van der Waals surface area contributed by atoms with Crippen LogP contribution in [-0.2, 0) is 19.3 Å². The van der Waals surface area contributed by atoms with Crippen LogP contribution in [0.1, 0.15) is 30.5 Å². The Morgan fingerprint density at radius 2 is 1.86 bits per heavy atom. The van der Waals surface area contributed by atoms with Crippen LogP contribution in [0.25, 0.3) is 0 Å². The van der Waals surface area contributed by atoms with Crippen LogP contribution in [0.2, 0.25) is 0 Å². The summed E-state index contributed by atoms with van der Waals surface area (Å²) in [5.41, 5.74) is 2.70. The minimum absolute atomic E-state index is 0.217. The predicted octanol–water partition coefficient (Wildman–Crippen LogP) is 3.25. The van der Waals surface area contributed by atoms with E-state index in [0.717, 1.165) is 24.0 Å². The number of benzene rings is 2. The average Bonchev–Trinajstić information content (AvgIpc) is 2.47. The van der Waals surface area contributed by atoms with Gasteiger partial charge in [-0.2, -0.15) is 0 Å². The zero-order chi connectivity index (χ0) is 15.7. The molecule has 22 heavy (non-hydrogen) atoms. The van der Waals surface area contributed by atoms with Gasteiger partial charge in [-0.1, -0.05) is 30.3 Å². The largest absolute Gasteiger partial charge is 0.508 e. The highest BCUT2D eigenvalue weighted by Crippen LogP contribution is 2.38. The zero-order valence-electron chi connectivity index (χ0n) is 13.0. The van der Waals surface area contributed by atoms with Gasteiger partial charge >= 0.3 is 0 Å². The normalized spacial score (nSPS) is 19.3. The second-order valence-corrected chi connectivity index (χ2v) is 6.49. The molecule has 116 valence electrons. The van der Waals surface area contributed by atoms with E-state index in [2.05, 4.69) is 12.1 Å². The summed E-state index contributed by atoms with van der Waals surface area (Å²) in [6.07, 6.45) is 1.74. The number of ether oxygens (including phenoxy) is 1. The van der Waals surface area contributed by atoms with Crippen molar-refractivity contribution in [1.82, 2.24) is 0 Å². The van der Waals surface area contributed by atoms with Crippen molar-refractivity contribution in [3.8, 4) is 11.5 Å². The van der Waals surface area contributed by atoms with Crippen LogP contribution < -0.4 is 4.74 Å². The van der Waals surface area contributed by atoms with Gasteiger partial charge in [-0.25, -0.2) is 0 Å². The lowest BCUT2D eigenvalue weighted by Gasteiger charge is -2.38. The molecule has 0 saturated heterocycles. The molecule has 0 bridgehead atoms. The number of aromatic hydroxyl groups is 1. The Morgan fingerprint density at radius 1 is 1.14 bits per heavy atom. The van der Waals surface area contributed by atoms with Gasteiger partial charge in [0.25, 0.3) is 0 Å². The van der Waals surface area contributed by atoms with Gasteiger partial charge < -0.3 is 14.9 Å². The topological polar surface area (TPSA) is 49.7 Å². The van der Waals surface area contributed by atoms with Crippen LogP contribution in [0.15, 0.2) is 42.5 Å². The molecular formula is C19H22O3. The summed E-state index contributed by atoms with van der Waals surface area (Å²) in [4.78, 5) is 0. The molecule has 1 atom stereocenters. The summed E-state index contributed by atoms with van der Waals surface area (Å²) in [6.45, 7) is 3.74. The van der Waals surface area contributed by atoms with Crippen molar-refractivity contribution >= 4 is 0 Å². The summed E-state index contributed by atoms with van der Waals surface area (Å²) in [5.74, 6) is 0.910. The smallest absolute Gasteiger partial charge is 0.129 e. The molecule has 3 nitrogen and oxygen atoms in total. The minimum atomic E-state index is -0.627. The number of fused-ring (bicyclic) bond motifs is 1. The Balaban J connectivity index is 1.88. The van der Waals surface area contributed by atoms with Crippen LogP contribution in [0, 0.1) is 0 Å². The van der Waals surface area contributed by atoms with Crippen molar-refractivity contribution in [2.24, 2.45) is 0 Å². The number of aryl methyl sites for hydroxylation is 2. The van der Waals surface area contributed by atoms with Gasteiger partial charge in [-0.15, -0.1) is 0 Å². The summed E-state index contributed by atoms with van der Waals surface area (Å²) in [7, 11) is 0. The van der Waals surface area contributed by atoms with Gasteiger partial charge in [0.05, 0.1) is 6.10 Å². The fourth-order valence-corrected chi connectivity index (χ4v) is 2.95. The van der Waals surface area contributed by atoms with E-state index in [9.17, 15) is 10.2 Å². The van der Waals surface area contributed by atoms with Gasteiger partial charge in [0.2, 0.25) is 0 Å². The molecule has 0 saturated carbocycles. The molecular weight excluding hydrogens is 276 g/mol. The fourth-order valence-electron chi connectivity index (χ4n) is 2.95. The van der Waals surface area contributed by atoms with Crippen molar-refractivity contribution in [2.75, 3.05) is 0 Å². The third kappa shape index (κ3) is 2.95. The lowest BCUT2D eigenvalue weighted by atomic mass is 9.87. The van der Waals surface area contributed by atoms with Crippen molar-refractivity contribution in [3.63, 3.8) is 0 Å². The zero-order valence-corrected chi connectivity index (χ0v) is 13.0. The number of hydrogen-bond donors (Lipinski definition) is 2. The van der Waals surface area contributed by atoms with Crippen LogP contribution in [-0.4, -0.2) is 21.9 Å². The van der Waals surface area contributed by atoms with E-state index in [1.165, 1.54) is 5.56 Å². The first kappa shape index (κ1) is 14.9. The fraction of sp³-hybridized carbons (Fsp3) is 0.368. The Morgan fingerprint density at radius 3 is 2.59 bits per heavy atom. The number of rotatable bonds is 3. The molecule has 0 aliphatic carbocycles. The number of aliphatic hydroxyl groups is 1. The van der Waals surface area contributed by atoms with E-state index < -0.39 is 11.7 Å². The summed E-state index contributed by atoms with van der Waals surface area (Å²) in [5, 5.41) is 20.2. The number of phenols is 1. The second kappa shape index (κ2) is 5.65. The van der Waals surface area contributed by atoms with E-state index >= 15 is 0 Å². The van der Waals surface area contributed by atoms with E-state index in [-0.39, 0.29) is 5.75 Å². The Labute approximate surface area is 131 Å². The number of aliphatic hydroxyl groups excluding tert-OH is 1. The van der Waals surface area contributed by atoms with Crippen molar-refractivity contribution in [3.05, 3.63) is 59.2 Å². The summed E-state index contributed by atoms with van der Waals surface area (Å²) >= 11 is 0. The average molecular weight is 298 g/mol. The molecule has 0 radical (unpaired) electrons. The third-order valence-corrected chi connectivity index (χ3v) is 4.38. The molecule has 2 N–H and O–H groups in total. The van der Waals surface area contributed by atoms with Crippen molar-refractivity contribution in [1.29, 1.82) is 0 Å². The van der Waals surface area contributed by atoms with E-state index in [1.807, 2.05) is 32.0 Å². The first-order chi connectivity index (χ1) is 10.5. The number of phenolic OH excluding ortho intramolecular Hbond substituents is 1. The molecule has 0 spiro atoms. The Kier molecular flexibility index (Phi) is 3.83. The highest BCUT2D eigenvalue weighted by atomic mass is 16.5. The maximum atomic E-state index is 10.3. The lowest BCUT2D eigenvalue weighted by Crippen LogP contribution is -2.46. The molecule has 0 amide bonds. The molecule has 3 heteroatoms. The SMILES string of the molecule is CC1(C)Oc2cc(O)cc(CCc3ccccc3)c2C[C@H]1O. The third-order valence-electron chi connectivity index (χ3n) is 4.38. The molecule has 2 aromatic carbocycles. The van der Waals surface area contributed by atoms with E-state index in [4.69, 9.17) is 4.74 Å². The Hall–Kier alpha value is -2.00. The molecule has 1 aliphatic heterocycles. The molecule has 0 unspecified atom stereocenters. The van der Waals surface area contributed by atoms with Gasteiger partial charge in [0.15, 0.2) is 0 Å². The minimum Gasteiger partial charge on any atom is -0.508 e. The molecule has 3 rings (SSSR count). The predicted molar refractivity (Wildman–Crippen MR) is 86.4 cm³/mol. The second-order valence-electron chi connectivity index (χ2n) is 6.49. The maximum Gasteiger partial charge on any atom is 0.129 e. The van der Waals surface area contributed by atoms with Crippen LogP contribution in [0.3, 0.4) is 0 Å². The first-order valence-electron chi connectivity index (χ1n) is 7.71. The molecule has 1 heterocycles. The highest BCUT2D eigenvalue weighted by Gasteiger charge is 2.36.